The molecule has 104 valence electrons. The largest absolute Gasteiger partial charge is 0.508 e. The first-order valence-corrected chi connectivity index (χ1v) is 6.49. The quantitative estimate of drug-likeness (QED) is 0.740. The van der Waals surface area contributed by atoms with Crippen molar-refractivity contribution in [3.05, 3.63) is 34.3 Å². The molecule has 2 aromatic rings. The van der Waals surface area contributed by atoms with Gasteiger partial charge in [-0.2, -0.15) is 0 Å². The van der Waals surface area contributed by atoms with Gasteiger partial charge < -0.3 is 15.5 Å². The van der Waals surface area contributed by atoms with Gasteiger partial charge in [-0.1, -0.05) is 11.4 Å². The Labute approximate surface area is 118 Å². The number of carboxylic acid groups (broad SMARTS) is 1. The van der Waals surface area contributed by atoms with E-state index in [9.17, 15) is 14.7 Å². The number of aromatic nitrogens is 2. The molecule has 0 aliphatic rings. The van der Waals surface area contributed by atoms with Gasteiger partial charge in [0.05, 0.1) is 16.9 Å². The summed E-state index contributed by atoms with van der Waals surface area (Å²) in [7, 11) is 0. The van der Waals surface area contributed by atoms with Crippen LogP contribution in [0, 0.1) is 0 Å². The first-order chi connectivity index (χ1) is 9.52. The lowest BCUT2D eigenvalue weighted by Crippen LogP contribution is -2.15. The molecular weight excluding hydrogens is 282 g/mol. The van der Waals surface area contributed by atoms with Crippen LogP contribution in [0.3, 0.4) is 0 Å². The van der Waals surface area contributed by atoms with Crippen molar-refractivity contribution >= 4 is 29.1 Å². The molecule has 0 spiro atoms. The number of carbonyl (C=O) groups excluding carboxylic acids is 1. The molecule has 0 bridgehead atoms. The van der Waals surface area contributed by atoms with Crippen LogP contribution in [0.2, 0.25) is 0 Å². The summed E-state index contributed by atoms with van der Waals surface area (Å²) < 4.78 is 3.70. The van der Waals surface area contributed by atoms with E-state index in [1.54, 1.807) is 0 Å². The first-order valence-electron chi connectivity index (χ1n) is 5.71. The van der Waals surface area contributed by atoms with Gasteiger partial charge in [-0.25, -0.2) is 4.79 Å². The number of rotatable bonds is 4. The van der Waals surface area contributed by atoms with Crippen molar-refractivity contribution in [1.29, 1.82) is 0 Å². The maximum Gasteiger partial charge on any atom is 0.337 e. The monoisotopic (exact) mass is 293 g/mol. The number of aryl methyl sites for hydroxylation is 1. The zero-order chi connectivity index (χ0) is 14.7. The molecule has 0 unspecified atom stereocenters. The maximum absolute atomic E-state index is 12.1. The number of hydrogen-bond donors (Lipinski definition) is 3. The van der Waals surface area contributed by atoms with E-state index in [1.807, 2.05) is 6.92 Å². The van der Waals surface area contributed by atoms with Gasteiger partial charge in [-0.05, 0) is 36.2 Å². The highest BCUT2D eigenvalue weighted by molar-refractivity contribution is 7.08. The second-order valence-electron chi connectivity index (χ2n) is 3.89. The number of anilines is 1. The second-order valence-corrected chi connectivity index (χ2v) is 4.65. The lowest BCUT2D eigenvalue weighted by Gasteiger charge is -2.08. The Morgan fingerprint density at radius 3 is 2.80 bits per heavy atom. The van der Waals surface area contributed by atoms with Crippen molar-refractivity contribution in [1.82, 2.24) is 9.59 Å². The van der Waals surface area contributed by atoms with Crippen LogP contribution in [0.15, 0.2) is 18.2 Å². The zero-order valence-corrected chi connectivity index (χ0v) is 11.3. The maximum atomic E-state index is 12.1. The Bertz CT molecular complexity index is 668. The molecule has 20 heavy (non-hydrogen) atoms. The summed E-state index contributed by atoms with van der Waals surface area (Å²) >= 11 is 0.949. The molecule has 7 nitrogen and oxygen atoms in total. The molecule has 0 radical (unpaired) electrons. The minimum atomic E-state index is -1.24. The Kier molecular flexibility index (Phi) is 3.94. The number of carbonyl (C=O) groups is 2. The molecule has 1 aromatic heterocycles. The topological polar surface area (TPSA) is 112 Å². The van der Waals surface area contributed by atoms with Crippen molar-refractivity contribution in [3.8, 4) is 5.75 Å². The van der Waals surface area contributed by atoms with Crippen molar-refractivity contribution in [2.75, 3.05) is 5.32 Å². The van der Waals surface area contributed by atoms with Gasteiger partial charge in [0.1, 0.15) is 10.6 Å². The van der Waals surface area contributed by atoms with Crippen molar-refractivity contribution in [3.63, 3.8) is 0 Å². The number of benzene rings is 1. The van der Waals surface area contributed by atoms with Crippen LogP contribution >= 0.6 is 11.5 Å². The van der Waals surface area contributed by atoms with Gasteiger partial charge in [0.25, 0.3) is 5.91 Å². The summed E-state index contributed by atoms with van der Waals surface area (Å²) in [5.74, 6) is -1.89. The normalized spacial score (nSPS) is 10.2. The highest BCUT2D eigenvalue weighted by atomic mass is 32.1. The smallest absolute Gasteiger partial charge is 0.337 e. The molecule has 3 N–H and O–H groups in total. The molecule has 0 fully saturated rings. The Balaban J connectivity index is 2.31. The average molecular weight is 293 g/mol. The van der Waals surface area contributed by atoms with Crippen molar-refractivity contribution < 1.29 is 19.8 Å². The molecule has 1 aromatic carbocycles. The molecule has 0 aliphatic heterocycles. The summed E-state index contributed by atoms with van der Waals surface area (Å²) in [5, 5.41) is 24.7. The van der Waals surface area contributed by atoms with E-state index in [1.165, 1.54) is 12.1 Å². The summed E-state index contributed by atoms with van der Waals surface area (Å²) in [6.07, 6.45) is 0.556. The minimum absolute atomic E-state index is 0.107. The van der Waals surface area contributed by atoms with E-state index in [0.29, 0.717) is 17.0 Å². The van der Waals surface area contributed by atoms with E-state index < -0.39 is 11.9 Å². The Morgan fingerprint density at radius 2 is 2.15 bits per heavy atom. The number of phenolic OH excluding ortho intramolecular Hbond substituents is 1. The number of aromatic carboxylic acids is 1. The highest BCUT2D eigenvalue weighted by Crippen LogP contribution is 2.23. The Morgan fingerprint density at radius 1 is 1.40 bits per heavy atom. The van der Waals surface area contributed by atoms with E-state index >= 15 is 0 Å². The van der Waals surface area contributed by atoms with Gasteiger partial charge in [0.15, 0.2) is 0 Å². The summed E-state index contributed by atoms with van der Waals surface area (Å²) in [4.78, 5) is 23.5. The zero-order valence-electron chi connectivity index (χ0n) is 10.5. The number of nitrogens with zero attached hydrogens (tertiary/aromatic N) is 2. The van der Waals surface area contributed by atoms with Gasteiger partial charge in [-0.3, -0.25) is 4.79 Å². The van der Waals surface area contributed by atoms with Gasteiger partial charge >= 0.3 is 5.97 Å². The standard InChI is InChI=1S/C12H11N3O4S/c1-2-8-10(20-15-14-8)11(17)13-9-4-3-6(16)5-7(9)12(18)19/h3-5,16H,2H2,1H3,(H,13,17)(H,18,19). The van der Waals surface area contributed by atoms with E-state index in [0.717, 1.165) is 17.6 Å². The van der Waals surface area contributed by atoms with Gasteiger partial charge in [-0.15, -0.1) is 5.10 Å². The van der Waals surface area contributed by atoms with Crippen LogP contribution in [0.4, 0.5) is 5.69 Å². The first kappa shape index (κ1) is 13.9. The van der Waals surface area contributed by atoms with Crippen LogP contribution in [-0.2, 0) is 6.42 Å². The van der Waals surface area contributed by atoms with Crippen LogP contribution in [0.5, 0.6) is 5.75 Å². The fraction of sp³-hybridized carbons (Fsp3) is 0.167. The molecule has 0 atom stereocenters. The van der Waals surface area contributed by atoms with Gasteiger partial charge in [0.2, 0.25) is 0 Å². The summed E-state index contributed by atoms with van der Waals surface area (Å²) in [5.41, 5.74) is 0.479. The lowest BCUT2D eigenvalue weighted by molar-refractivity contribution is 0.0697. The molecule has 2 rings (SSSR count). The average Bonchev–Trinajstić information content (AvgIpc) is 2.89. The predicted molar refractivity (Wildman–Crippen MR) is 72.3 cm³/mol. The van der Waals surface area contributed by atoms with Crippen LogP contribution in [-0.4, -0.2) is 31.7 Å². The lowest BCUT2D eigenvalue weighted by atomic mass is 10.1. The molecule has 1 heterocycles. The third-order valence-electron chi connectivity index (χ3n) is 2.58. The third-order valence-corrected chi connectivity index (χ3v) is 3.35. The molecule has 1 amide bonds. The van der Waals surface area contributed by atoms with Crippen molar-refractivity contribution in [2.45, 2.75) is 13.3 Å². The fourth-order valence-electron chi connectivity index (χ4n) is 1.61. The van der Waals surface area contributed by atoms with E-state index in [4.69, 9.17) is 5.11 Å². The van der Waals surface area contributed by atoms with Crippen LogP contribution < -0.4 is 5.32 Å². The van der Waals surface area contributed by atoms with E-state index in [-0.39, 0.29) is 17.0 Å². The highest BCUT2D eigenvalue weighted by Gasteiger charge is 2.18. The predicted octanol–water partition coefficient (Wildman–Crippen LogP) is 1.76. The summed E-state index contributed by atoms with van der Waals surface area (Å²) in [6, 6.07) is 3.70. The fourth-order valence-corrected chi connectivity index (χ4v) is 2.26. The van der Waals surface area contributed by atoms with Crippen LogP contribution in [0.1, 0.15) is 32.6 Å². The number of amides is 1. The molecule has 0 aliphatic carbocycles. The SMILES string of the molecule is CCc1nnsc1C(=O)Nc1ccc(O)cc1C(=O)O. The van der Waals surface area contributed by atoms with Crippen molar-refractivity contribution in [2.24, 2.45) is 0 Å². The van der Waals surface area contributed by atoms with E-state index in [2.05, 4.69) is 14.9 Å². The molecule has 8 heteroatoms. The minimum Gasteiger partial charge on any atom is -0.508 e. The Hall–Kier alpha value is -2.48. The van der Waals surface area contributed by atoms with Crippen LogP contribution in [0.25, 0.3) is 0 Å². The number of aromatic hydroxyl groups is 1. The third kappa shape index (κ3) is 2.75. The molecule has 0 saturated carbocycles. The number of phenols is 1. The number of carboxylic acids is 1. The molecular formula is C12H11N3O4S. The number of hydrogen-bond acceptors (Lipinski definition) is 6. The van der Waals surface area contributed by atoms with Gasteiger partial charge in [0, 0.05) is 0 Å². The summed E-state index contributed by atoms with van der Waals surface area (Å²) in [6.45, 7) is 1.84. The number of nitrogens with one attached hydrogen (secondary N) is 1. The second kappa shape index (κ2) is 5.66. The molecule has 0 saturated heterocycles.